The molecule has 0 radical (unpaired) electrons. The number of hydrogen-bond acceptors (Lipinski definition) is 5. The number of carbonyl (C=O) groups excluding carboxylic acids is 1. The van der Waals surface area contributed by atoms with Crippen molar-refractivity contribution in [3.63, 3.8) is 0 Å². The number of halogens is 3. The normalized spacial score (nSPS) is 21.6. The van der Waals surface area contributed by atoms with Crippen LogP contribution < -0.4 is 4.90 Å². The lowest BCUT2D eigenvalue weighted by molar-refractivity contribution is -0.143. The van der Waals surface area contributed by atoms with Crippen LogP contribution in [-0.4, -0.2) is 89.7 Å². The Kier molecular flexibility index (Phi) is 8.80. The molecule has 1 aliphatic heterocycles. The molecule has 0 bridgehead atoms. The molecule has 2 saturated carbocycles. The highest BCUT2D eigenvalue weighted by Crippen LogP contribution is 2.41. The van der Waals surface area contributed by atoms with Gasteiger partial charge in [0, 0.05) is 51.6 Å². The van der Waals surface area contributed by atoms with E-state index in [-0.39, 0.29) is 24.4 Å². The van der Waals surface area contributed by atoms with Crippen LogP contribution in [0.2, 0.25) is 25.7 Å². The number of fused-ring (bicyclic) bond motifs is 3. The number of alkyl halides is 3. The third-order valence-electron chi connectivity index (χ3n) is 8.67. The number of nitrogens with zero attached hydrogens (tertiary/aromatic N) is 5. The zero-order valence-corrected chi connectivity index (χ0v) is 25.7. The maximum absolute atomic E-state index is 13.6. The van der Waals surface area contributed by atoms with Crippen LogP contribution in [0.4, 0.5) is 23.7 Å². The first kappa shape index (κ1) is 30.6. The van der Waals surface area contributed by atoms with Crippen molar-refractivity contribution in [2.75, 3.05) is 37.8 Å². The monoisotopic (exact) mass is 609 g/mol. The van der Waals surface area contributed by atoms with Crippen molar-refractivity contribution in [2.45, 2.75) is 83.2 Å². The Hall–Kier alpha value is -2.80. The molecule has 2 aromatic rings. The van der Waals surface area contributed by atoms with Gasteiger partial charge in [-0.25, -0.2) is 9.78 Å². The second-order valence-electron chi connectivity index (χ2n) is 13.4. The molecule has 42 heavy (non-hydrogen) atoms. The van der Waals surface area contributed by atoms with Crippen molar-refractivity contribution in [2.24, 2.45) is 11.8 Å². The summed E-state index contributed by atoms with van der Waals surface area (Å²) in [5, 5.41) is 10.2. The van der Waals surface area contributed by atoms with Crippen molar-refractivity contribution in [1.82, 2.24) is 19.4 Å². The molecule has 2 aromatic heterocycles. The summed E-state index contributed by atoms with van der Waals surface area (Å²) in [7, 11) is -1.21. The predicted octanol–water partition coefficient (Wildman–Crippen LogP) is 6.08. The third kappa shape index (κ3) is 7.39. The molecule has 0 unspecified atom stereocenters. The van der Waals surface area contributed by atoms with E-state index in [4.69, 9.17) is 9.72 Å². The summed E-state index contributed by atoms with van der Waals surface area (Å²) in [6.07, 6.45) is 2.41. The highest BCUT2D eigenvalue weighted by molar-refractivity contribution is 6.76. The summed E-state index contributed by atoms with van der Waals surface area (Å²) < 4.78 is 46.8. The largest absolute Gasteiger partial charge is 0.465 e. The maximum Gasteiger partial charge on any atom is 0.407 e. The Bertz CT molecular complexity index is 1280. The summed E-state index contributed by atoms with van der Waals surface area (Å²) in [5.41, 5.74) is 2.20. The van der Waals surface area contributed by atoms with Crippen molar-refractivity contribution in [1.29, 1.82) is 0 Å². The number of aromatic nitrogens is 2. The molecule has 1 N–H and O–H groups in total. The number of anilines is 1. The number of amides is 2. The van der Waals surface area contributed by atoms with Crippen LogP contribution in [0, 0.1) is 11.8 Å². The van der Waals surface area contributed by atoms with Gasteiger partial charge in [-0.05, 0) is 62.5 Å². The van der Waals surface area contributed by atoms with Crippen LogP contribution in [0.5, 0.6) is 0 Å². The molecular formula is C29H42F3N5O4Si. The van der Waals surface area contributed by atoms with Crippen molar-refractivity contribution in [3.8, 4) is 0 Å². The smallest absolute Gasteiger partial charge is 0.407 e. The lowest BCUT2D eigenvalue weighted by Crippen LogP contribution is -2.52. The van der Waals surface area contributed by atoms with Gasteiger partial charge in [-0.1, -0.05) is 19.6 Å². The highest BCUT2D eigenvalue weighted by Gasteiger charge is 2.40. The molecule has 2 aliphatic carbocycles. The summed E-state index contributed by atoms with van der Waals surface area (Å²) in [6.45, 7) is 7.59. The van der Waals surface area contributed by atoms with E-state index in [9.17, 15) is 27.9 Å². The zero-order chi connectivity index (χ0) is 30.2. The van der Waals surface area contributed by atoms with Gasteiger partial charge in [0.1, 0.15) is 18.9 Å². The van der Waals surface area contributed by atoms with Gasteiger partial charge in [0.25, 0.3) is 5.91 Å². The molecule has 3 aliphatic rings. The molecule has 3 heterocycles. The minimum absolute atomic E-state index is 0.0142. The van der Waals surface area contributed by atoms with Crippen LogP contribution in [0.3, 0.4) is 0 Å². The molecule has 2 fully saturated rings. The van der Waals surface area contributed by atoms with E-state index in [0.717, 1.165) is 35.6 Å². The van der Waals surface area contributed by atoms with Gasteiger partial charge in [0.15, 0.2) is 0 Å². The van der Waals surface area contributed by atoms with E-state index in [1.54, 1.807) is 6.20 Å². The molecule has 9 nitrogen and oxygen atoms in total. The van der Waals surface area contributed by atoms with Gasteiger partial charge in [0.05, 0.1) is 17.9 Å². The quantitative estimate of drug-likeness (QED) is 0.245. The fourth-order valence-corrected chi connectivity index (χ4v) is 6.91. The van der Waals surface area contributed by atoms with E-state index in [1.165, 1.54) is 0 Å². The van der Waals surface area contributed by atoms with Gasteiger partial charge in [-0.3, -0.25) is 9.69 Å². The average molecular weight is 610 g/mol. The lowest BCUT2D eigenvalue weighted by Gasteiger charge is -2.45. The third-order valence-corrected chi connectivity index (χ3v) is 10.4. The highest BCUT2D eigenvalue weighted by atomic mass is 28.3. The second kappa shape index (κ2) is 12.1. The zero-order valence-electron chi connectivity index (χ0n) is 24.7. The van der Waals surface area contributed by atoms with Gasteiger partial charge < -0.3 is 24.2 Å². The first-order valence-corrected chi connectivity index (χ1v) is 18.7. The Morgan fingerprint density at radius 3 is 2.45 bits per heavy atom. The van der Waals surface area contributed by atoms with E-state index in [1.807, 2.05) is 21.7 Å². The van der Waals surface area contributed by atoms with E-state index < -0.39 is 26.9 Å². The minimum Gasteiger partial charge on any atom is -0.465 e. The summed E-state index contributed by atoms with van der Waals surface area (Å²) in [5.74, 6) is 0.370. The molecule has 0 saturated heterocycles. The topological polar surface area (TPSA) is 91.1 Å². The van der Waals surface area contributed by atoms with Gasteiger partial charge >= 0.3 is 12.3 Å². The Balaban J connectivity index is 1.34. The van der Waals surface area contributed by atoms with Crippen LogP contribution >= 0.6 is 0 Å². The fraction of sp³-hybridized carbons (Fsp3) is 0.690. The Morgan fingerprint density at radius 2 is 1.83 bits per heavy atom. The van der Waals surface area contributed by atoms with Gasteiger partial charge in [-0.15, -0.1) is 0 Å². The van der Waals surface area contributed by atoms with Crippen LogP contribution in [-0.2, 0) is 11.5 Å². The minimum atomic E-state index is -4.57. The fourth-order valence-electron chi connectivity index (χ4n) is 6.15. The molecule has 232 valence electrons. The lowest BCUT2D eigenvalue weighted by atomic mass is 9.84. The molecular weight excluding hydrogens is 567 g/mol. The van der Waals surface area contributed by atoms with Gasteiger partial charge in [-0.2, -0.15) is 13.2 Å². The number of carbonyl (C=O) groups is 2. The van der Waals surface area contributed by atoms with E-state index in [2.05, 4.69) is 24.5 Å². The van der Waals surface area contributed by atoms with Crippen LogP contribution in [0.1, 0.15) is 48.9 Å². The molecule has 0 spiro atoms. The Labute approximate surface area is 245 Å². The number of hydrogen-bond donors (Lipinski definition) is 1. The number of pyridine rings is 1. The first-order valence-electron chi connectivity index (χ1n) is 14.9. The summed E-state index contributed by atoms with van der Waals surface area (Å²) in [4.78, 5) is 34.5. The molecule has 0 atom stereocenters. The summed E-state index contributed by atoms with van der Waals surface area (Å²) in [6, 6.07) is 3.14. The van der Waals surface area contributed by atoms with E-state index >= 15 is 0 Å². The van der Waals surface area contributed by atoms with Crippen molar-refractivity contribution in [3.05, 3.63) is 24.0 Å². The number of rotatable bonds is 11. The van der Waals surface area contributed by atoms with Gasteiger partial charge in [0.2, 0.25) is 0 Å². The number of carboxylic acid groups (broad SMARTS) is 1. The molecule has 2 amide bonds. The summed E-state index contributed by atoms with van der Waals surface area (Å²) >= 11 is 0. The molecule has 13 heteroatoms. The van der Waals surface area contributed by atoms with Crippen molar-refractivity contribution < 1.29 is 32.6 Å². The van der Waals surface area contributed by atoms with Crippen LogP contribution in [0.15, 0.2) is 18.5 Å². The second-order valence-corrected chi connectivity index (χ2v) is 19.0. The van der Waals surface area contributed by atoms with E-state index in [0.29, 0.717) is 68.6 Å². The van der Waals surface area contributed by atoms with Crippen molar-refractivity contribution >= 4 is 36.8 Å². The molecule has 0 aromatic carbocycles. The molecule has 5 rings (SSSR count). The first-order chi connectivity index (χ1) is 19.8. The maximum atomic E-state index is 13.6. The average Bonchev–Trinajstić information content (AvgIpc) is 3.63. The predicted molar refractivity (Wildman–Crippen MR) is 156 cm³/mol. The number of ether oxygens (including phenoxy) is 1. The Morgan fingerprint density at radius 1 is 1.14 bits per heavy atom. The van der Waals surface area contributed by atoms with Crippen LogP contribution in [0.25, 0.3) is 11.0 Å². The standard InChI is InChI=1S/C29H42F3N5O4Si/c1-42(2,3)13-12-41-19-34-11-10-23-25-24(14-33-26(23)34)27(38)36(16-20-4-5-20)18-37(25)22-8-6-21(7-9-22)15-35(28(39)40)17-29(30,31)32/h10-11,14,20-22H,4-9,12-13,15-19H2,1-3H3,(H,39,40). The SMILES string of the molecule is C[Si](C)(C)CCOCn1ccc2c3c(cnc21)C(=O)N(CC1CC1)CN3C1CCC(CN(CC(F)(F)F)C(=O)O)CC1.